The molecule has 1 heterocycles. The molecular formula is C12H19N3O2S. The van der Waals surface area contributed by atoms with E-state index in [1.165, 1.54) is 4.31 Å². The molecule has 1 saturated heterocycles. The fraction of sp³-hybridized carbons (Fsp3) is 0.500. The van der Waals surface area contributed by atoms with Crippen molar-refractivity contribution in [1.29, 1.82) is 0 Å². The lowest BCUT2D eigenvalue weighted by molar-refractivity contribution is 0.264. The topological polar surface area (TPSA) is 61.4 Å². The van der Waals surface area contributed by atoms with E-state index in [2.05, 4.69) is 10.0 Å². The molecule has 6 heteroatoms. The summed E-state index contributed by atoms with van der Waals surface area (Å²) in [5, 5.41) is 3.31. The molecule has 0 amide bonds. The van der Waals surface area contributed by atoms with Crippen LogP contribution >= 0.6 is 0 Å². The first-order chi connectivity index (χ1) is 8.47. The molecule has 18 heavy (non-hydrogen) atoms. The molecule has 1 aliphatic rings. The van der Waals surface area contributed by atoms with Gasteiger partial charge in [0.25, 0.3) is 0 Å². The summed E-state index contributed by atoms with van der Waals surface area (Å²) in [6.45, 7) is 4.96. The van der Waals surface area contributed by atoms with E-state index >= 15 is 0 Å². The highest BCUT2D eigenvalue weighted by Gasteiger charge is 2.29. The zero-order chi connectivity index (χ0) is 13.2. The zero-order valence-corrected chi connectivity index (χ0v) is 11.4. The number of anilines is 1. The summed E-state index contributed by atoms with van der Waals surface area (Å²) in [5.74, 6) is 0. The Morgan fingerprint density at radius 1 is 1.17 bits per heavy atom. The molecule has 0 spiro atoms. The highest BCUT2D eigenvalue weighted by atomic mass is 32.2. The fourth-order valence-corrected chi connectivity index (χ4v) is 3.60. The second-order valence-corrected chi connectivity index (χ2v) is 6.43. The Morgan fingerprint density at radius 3 is 2.28 bits per heavy atom. The Labute approximate surface area is 108 Å². The number of nitrogens with zero attached hydrogens (tertiary/aromatic N) is 1. The summed E-state index contributed by atoms with van der Waals surface area (Å²) in [6, 6.07) is 9.29. The van der Waals surface area contributed by atoms with Gasteiger partial charge in [-0.15, -0.1) is 0 Å². The van der Waals surface area contributed by atoms with Crippen molar-refractivity contribution in [3.05, 3.63) is 30.3 Å². The summed E-state index contributed by atoms with van der Waals surface area (Å²) in [6.07, 6.45) is 0. The number of piperazine rings is 1. The van der Waals surface area contributed by atoms with Crippen molar-refractivity contribution < 1.29 is 8.42 Å². The molecule has 2 N–H and O–H groups in total. The first kappa shape index (κ1) is 13.3. The van der Waals surface area contributed by atoms with Gasteiger partial charge in [0.1, 0.15) is 0 Å². The standard InChI is InChI=1S/C12H19N3O2S/c1-10-8-15(9-11(2)13-10)18(16,17)14-12-6-4-3-5-7-12/h3-7,10-11,13-14H,8-9H2,1-2H3/t10-,11+. The molecular weight excluding hydrogens is 250 g/mol. The van der Waals surface area contributed by atoms with Crippen molar-refractivity contribution in [2.24, 2.45) is 0 Å². The van der Waals surface area contributed by atoms with Crippen molar-refractivity contribution in [3.8, 4) is 0 Å². The van der Waals surface area contributed by atoms with Crippen LogP contribution in [0.5, 0.6) is 0 Å². The summed E-state index contributed by atoms with van der Waals surface area (Å²) in [7, 11) is -3.46. The van der Waals surface area contributed by atoms with Crippen LogP contribution in [0.25, 0.3) is 0 Å². The van der Waals surface area contributed by atoms with Crippen LogP contribution in [0.1, 0.15) is 13.8 Å². The van der Waals surface area contributed by atoms with Gasteiger partial charge in [-0.1, -0.05) is 18.2 Å². The number of para-hydroxylation sites is 1. The van der Waals surface area contributed by atoms with Crippen LogP contribution in [0.15, 0.2) is 30.3 Å². The first-order valence-electron chi connectivity index (χ1n) is 6.06. The van der Waals surface area contributed by atoms with E-state index in [9.17, 15) is 8.42 Å². The molecule has 1 aliphatic heterocycles. The van der Waals surface area contributed by atoms with E-state index in [0.717, 1.165) is 0 Å². The van der Waals surface area contributed by atoms with E-state index in [0.29, 0.717) is 18.8 Å². The van der Waals surface area contributed by atoms with Crippen molar-refractivity contribution in [1.82, 2.24) is 9.62 Å². The molecule has 100 valence electrons. The maximum Gasteiger partial charge on any atom is 0.301 e. The van der Waals surface area contributed by atoms with Gasteiger partial charge in [0.05, 0.1) is 0 Å². The monoisotopic (exact) mass is 269 g/mol. The van der Waals surface area contributed by atoms with Gasteiger partial charge in [-0.2, -0.15) is 12.7 Å². The van der Waals surface area contributed by atoms with Gasteiger partial charge in [-0.3, -0.25) is 4.72 Å². The Kier molecular flexibility index (Phi) is 3.89. The average Bonchev–Trinajstić information content (AvgIpc) is 2.28. The fourth-order valence-electron chi connectivity index (χ4n) is 2.19. The van der Waals surface area contributed by atoms with Crippen LogP contribution < -0.4 is 10.0 Å². The van der Waals surface area contributed by atoms with E-state index in [1.807, 2.05) is 19.9 Å². The highest BCUT2D eigenvalue weighted by Crippen LogP contribution is 2.14. The third kappa shape index (κ3) is 3.22. The zero-order valence-electron chi connectivity index (χ0n) is 10.6. The summed E-state index contributed by atoms with van der Waals surface area (Å²) >= 11 is 0. The molecule has 0 aliphatic carbocycles. The number of rotatable bonds is 3. The second kappa shape index (κ2) is 5.26. The first-order valence-corrected chi connectivity index (χ1v) is 7.50. The maximum absolute atomic E-state index is 12.2. The lowest BCUT2D eigenvalue weighted by Gasteiger charge is -2.35. The minimum Gasteiger partial charge on any atom is -0.309 e. The lowest BCUT2D eigenvalue weighted by atomic mass is 10.2. The SMILES string of the molecule is C[C@@H]1CN(S(=O)(=O)Nc2ccccc2)C[C@H](C)N1. The maximum atomic E-state index is 12.2. The quantitative estimate of drug-likeness (QED) is 0.861. The van der Waals surface area contributed by atoms with Crippen LogP contribution in [0, 0.1) is 0 Å². The van der Waals surface area contributed by atoms with Crippen LogP contribution in [0.3, 0.4) is 0 Å². The molecule has 1 fully saturated rings. The molecule has 1 aromatic carbocycles. The van der Waals surface area contributed by atoms with Gasteiger partial charge in [0, 0.05) is 30.9 Å². The van der Waals surface area contributed by atoms with Crippen molar-refractivity contribution in [2.75, 3.05) is 17.8 Å². The molecule has 2 atom stereocenters. The molecule has 0 aromatic heterocycles. The average molecular weight is 269 g/mol. The van der Waals surface area contributed by atoms with E-state index < -0.39 is 10.2 Å². The van der Waals surface area contributed by atoms with E-state index in [-0.39, 0.29) is 12.1 Å². The summed E-state index contributed by atoms with van der Waals surface area (Å²) in [4.78, 5) is 0. The predicted molar refractivity (Wildman–Crippen MR) is 72.6 cm³/mol. The van der Waals surface area contributed by atoms with Crippen molar-refractivity contribution >= 4 is 15.9 Å². The van der Waals surface area contributed by atoms with Gasteiger partial charge >= 0.3 is 10.2 Å². The molecule has 0 bridgehead atoms. The van der Waals surface area contributed by atoms with Gasteiger partial charge in [0.2, 0.25) is 0 Å². The number of hydrogen-bond acceptors (Lipinski definition) is 3. The molecule has 5 nitrogen and oxygen atoms in total. The molecule has 1 aromatic rings. The number of nitrogens with one attached hydrogen (secondary N) is 2. The summed E-state index contributed by atoms with van der Waals surface area (Å²) < 4.78 is 28.6. The van der Waals surface area contributed by atoms with Crippen LogP contribution in [0.2, 0.25) is 0 Å². The van der Waals surface area contributed by atoms with Gasteiger partial charge in [-0.05, 0) is 26.0 Å². The van der Waals surface area contributed by atoms with Crippen LogP contribution in [0.4, 0.5) is 5.69 Å². The Bertz CT molecular complexity index is 479. The highest BCUT2D eigenvalue weighted by molar-refractivity contribution is 7.90. The molecule has 0 saturated carbocycles. The van der Waals surface area contributed by atoms with Crippen molar-refractivity contribution in [3.63, 3.8) is 0 Å². The minimum absolute atomic E-state index is 0.168. The molecule has 2 rings (SSSR count). The molecule has 0 unspecified atom stereocenters. The third-order valence-corrected chi connectivity index (χ3v) is 4.36. The van der Waals surface area contributed by atoms with Crippen LogP contribution in [-0.2, 0) is 10.2 Å². The Hall–Kier alpha value is -1.11. The lowest BCUT2D eigenvalue weighted by Crippen LogP contribution is -2.56. The van der Waals surface area contributed by atoms with Gasteiger partial charge < -0.3 is 5.32 Å². The van der Waals surface area contributed by atoms with E-state index in [4.69, 9.17) is 0 Å². The number of hydrogen-bond donors (Lipinski definition) is 2. The minimum atomic E-state index is -3.46. The van der Waals surface area contributed by atoms with Crippen molar-refractivity contribution in [2.45, 2.75) is 25.9 Å². The Morgan fingerprint density at radius 2 is 1.72 bits per heavy atom. The smallest absolute Gasteiger partial charge is 0.301 e. The predicted octanol–water partition coefficient (Wildman–Crippen LogP) is 1.03. The number of benzene rings is 1. The van der Waals surface area contributed by atoms with Gasteiger partial charge in [0.15, 0.2) is 0 Å². The van der Waals surface area contributed by atoms with E-state index in [1.54, 1.807) is 24.3 Å². The molecule has 0 radical (unpaired) electrons. The third-order valence-electron chi connectivity index (χ3n) is 2.88. The Balaban J connectivity index is 2.11. The van der Waals surface area contributed by atoms with Crippen LogP contribution in [-0.4, -0.2) is 37.9 Å². The second-order valence-electron chi connectivity index (χ2n) is 4.76. The van der Waals surface area contributed by atoms with Gasteiger partial charge in [-0.25, -0.2) is 0 Å². The normalized spacial score (nSPS) is 25.9. The largest absolute Gasteiger partial charge is 0.309 e. The summed E-state index contributed by atoms with van der Waals surface area (Å²) in [5.41, 5.74) is 0.594.